The van der Waals surface area contributed by atoms with Crippen molar-refractivity contribution in [2.75, 3.05) is 25.6 Å². The average molecular weight is 317 g/mol. The topological polar surface area (TPSA) is 55.4 Å². The molecule has 1 aromatic heterocycles. The summed E-state index contributed by atoms with van der Waals surface area (Å²) in [5.41, 5.74) is 1.73. The maximum atomic E-state index is 5.58. The molecule has 0 unspecified atom stereocenters. The molecule has 116 valence electrons. The fourth-order valence-corrected chi connectivity index (χ4v) is 2.79. The van der Waals surface area contributed by atoms with Gasteiger partial charge in [0.1, 0.15) is 11.3 Å². The normalized spacial score (nSPS) is 17.4. The highest BCUT2D eigenvalue weighted by Gasteiger charge is 2.15. The standard InChI is InChI=1S/C16H19N3O2S/c1-20-14-7-6-13(12-5-2-8-17-15(12)14)19-16(22)18-10-11-4-3-9-21-11/h2,5-8,11H,3-4,9-10H2,1H3,(H2,18,19,22)/t11-/m1/s1. The highest BCUT2D eigenvalue weighted by Crippen LogP contribution is 2.29. The third-order valence-electron chi connectivity index (χ3n) is 3.72. The largest absolute Gasteiger partial charge is 0.494 e. The third kappa shape index (κ3) is 3.28. The van der Waals surface area contributed by atoms with Crippen LogP contribution in [0.2, 0.25) is 0 Å². The van der Waals surface area contributed by atoms with Gasteiger partial charge >= 0.3 is 0 Å². The van der Waals surface area contributed by atoms with Gasteiger partial charge in [0.15, 0.2) is 5.11 Å². The molecule has 1 aliphatic rings. The van der Waals surface area contributed by atoms with Crippen LogP contribution in [0.5, 0.6) is 5.75 Å². The van der Waals surface area contributed by atoms with Gasteiger partial charge in [-0.15, -0.1) is 0 Å². The lowest BCUT2D eigenvalue weighted by atomic mass is 10.1. The maximum absolute atomic E-state index is 5.58. The summed E-state index contributed by atoms with van der Waals surface area (Å²) in [7, 11) is 1.64. The van der Waals surface area contributed by atoms with Crippen LogP contribution in [0.3, 0.4) is 0 Å². The van der Waals surface area contributed by atoms with Crippen LogP contribution >= 0.6 is 12.2 Å². The maximum Gasteiger partial charge on any atom is 0.170 e. The lowest BCUT2D eigenvalue weighted by Gasteiger charge is -2.15. The van der Waals surface area contributed by atoms with E-state index in [1.807, 2.05) is 24.3 Å². The second-order valence-electron chi connectivity index (χ2n) is 5.19. The van der Waals surface area contributed by atoms with E-state index in [1.165, 1.54) is 0 Å². The number of nitrogens with one attached hydrogen (secondary N) is 2. The lowest BCUT2D eigenvalue weighted by Crippen LogP contribution is -2.34. The Bertz CT molecular complexity index is 671. The van der Waals surface area contributed by atoms with Gasteiger partial charge in [0.25, 0.3) is 0 Å². The molecule has 0 saturated carbocycles. The lowest BCUT2D eigenvalue weighted by molar-refractivity contribution is 0.114. The Kier molecular flexibility index (Phi) is 4.70. The number of nitrogens with zero attached hydrogens (tertiary/aromatic N) is 1. The van der Waals surface area contributed by atoms with Crippen LogP contribution in [-0.4, -0.2) is 36.5 Å². The van der Waals surface area contributed by atoms with E-state index in [9.17, 15) is 0 Å². The SMILES string of the molecule is COc1ccc(NC(=S)NC[C@H]2CCCO2)c2cccnc12. The zero-order valence-electron chi connectivity index (χ0n) is 12.5. The Hall–Kier alpha value is -1.92. The number of anilines is 1. The summed E-state index contributed by atoms with van der Waals surface area (Å²) in [5, 5.41) is 8.00. The summed E-state index contributed by atoms with van der Waals surface area (Å²) in [4.78, 5) is 4.38. The number of thiocarbonyl (C=S) groups is 1. The molecule has 1 aromatic carbocycles. The molecule has 0 amide bonds. The smallest absolute Gasteiger partial charge is 0.170 e. The number of hydrogen-bond donors (Lipinski definition) is 2. The van der Waals surface area contributed by atoms with Crippen molar-refractivity contribution in [3.63, 3.8) is 0 Å². The van der Waals surface area contributed by atoms with Gasteiger partial charge in [0, 0.05) is 30.4 Å². The molecule has 0 spiro atoms. The van der Waals surface area contributed by atoms with E-state index >= 15 is 0 Å². The van der Waals surface area contributed by atoms with Gasteiger partial charge < -0.3 is 20.1 Å². The van der Waals surface area contributed by atoms with Gasteiger partial charge in [0.05, 0.1) is 13.2 Å². The summed E-state index contributed by atoms with van der Waals surface area (Å²) >= 11 is 5.37. The molecule has 2 heterocycles. The first-order valence-electron chi connectivity index (χ1n) is 7.36. The second-order valence-corrected chi connectivity index (χ2v) is 5.59. The van der Waals surface area contributed by atoms with Crippen molar-refractivity contribution < 1.29 is 9.47 Å². The Morgan fingerprint density at radius 3 is 3.14 bits per heavy atom. The van der Waals surface area contributed by atoms with Crippen LogP contribution in [0, 0.1) is 0 Å². The number of rotatable bonds is 4. The summed E-state index contributed by atoms with van der Waals surface area (Å²) in [6.07, 6.45) is 4.23. The molecule has 0 aliphatic carbocycles. The van der Waals surface area contributed by atoms with E-state index in [0.717, 1.165) is 48.3 Å². The number of ether oxygens (including phenoxy) is 2. The van der Waals surface area contributed by atoms with Crippen LogP contribution in [0.15, 0.2) is 30.5 Å². The highest BCUT2D eigenvalue weighted by atomic mass is 32.1. The molecule has 1 saturated heterocycles. The minimum atomic E-state index is 0.258. The van der Waals surface area contributed by atoms with Gasteiger partial charge in [-0.25, -0.2) is 0 Å². The van der Waals surface area contributed by atoms with Crippen LogP contribution in [0.25, 0.3) is 10.9 Å². The van der Waals surface area contributed by atoms with Gasteiger partial charge in [-0.3, -0.25) is 4.98 Å². The van der Waals surface area contributed by atoms with Crippen molar-refractivity contribution in [2.45, 2.75) is 18.9 Å². The van der Waals surface area contributed by atoms with Crippen molar-refractivity contribution in [2.24, 2.45) is 0 Å². The number of pyridine rings is 1. The molecule has 3 rings (SSSR count). The Morgan fingerprint density at radius 1 is 1.45 bits per heavy atom. The van der Waals surface area contributed by atoms with E-state index in [2.05, 4.69) is 15.6 Å². The number of hydrogen-bond acceptors (Lipinski definition) is 4. The molecule has 1 atom stereocenters. The molecule has 2 aromatic rings. The quantitative estimate of drug-likeness (QED) is 0.846. The number of methoxy groups -OCH3 is 1. The number of benzene rings is 1. The summed E-state index contributed by atoms with van der Waals surface area (Å²) < 4.78 is 10.9. The highest BCUT2D eigenvalue weighted by molar-refractivity contribution is 7.80. The first kappa shape index (κ1) is 15.0. The van der Waals surface area contributed by atoms with Crippen LogP contribution < -0.4 is 15.4 Å². The number of aromatic nitrogens is 1. The minimum absolute atomic E-state index is 0.258. The molecule has 1 fully saturated rings. The van der Waals surface area contributed by atoms with Gasteiger partial charge in [-0.2, -0.15) is 0 Å². The van der Waals surface area contributed by atoms with E-state index < -0.39 is 0 Å². The number of fused-ring (bicyclic) bond motifs is 1. The van der Waals surface area contributed by atoms with Crippen molar-refractivity contribution in [3.8, 4) is 5.75 Å². The van der Waals surface area contributed by atoms with Gasteiger partial charge in [0.2, 0.25) is 0 Å². The summed E-state index contributed by atoms with van der Waals surface area (Å²) in [6.45, 7) is 1.58. The van der Waals surface area contributed by atoms with Crippen molar-refractivity contribution in [1.82, 2.24) is 10.3 Å². The zero-order valence-corrected chi connectivity index (χ0v) is 13.3. The van der Waals surface area contributed by atoms with E-state index in [4.69, 9.17) is 21.7 Å². The predicted octanol–water partition coefficient (Wildman–Crippen LogP) is 2.71. The van der Waals surface area contributed by atoms with Crippen molar-refractivity contribution in [1.29, 1.82) is 0 Å². The van der Waals surface area contributed by atoms with Crippen molar-refractivity contribution in [3.05, 3.63) is 30.5 Å². The van der Waals surface area contributed by atoms with Gasteiger partial charge in [-0.1, -0.05) is 0 Å². The Morgan fingerprint density at radius 2 is 2.36 bits per heavy atom. The van der Waals surface area contributed by atoms with Crippen LogP contribution in [0.4, 0.5) is 5.69 Å². The molecule has 0 bridgehead atoms. The molecule has 5 nitrogen and oxygen atoms in total. The molecule has 2 N–H and O–H groups in total. The zero-order chi connectivity index (χ0) is 15.4. The second kappa shape index (κ2) is 6.89. The minimum Gasteiger partial charge on any atom is -0.494 e. The van der Waals surface area contributed by atoms with E-state index in [0.29, 0.717) is 5.11 Å². The monoisotopic (exact) mass is 317 g/mol. The fraction of sp³-hybridized carbons (Fsp3) is 0.375. The molecular weight excluding hydrogens is 298 g/mol. The predicted molar refractivity (Wildman–Crippen MR) is 91.5 cm³/mol. The molecule has 0 radical (unpaired) electrons. The third-order valence-corrected chi connectivity index (χ3v) is 3.96. The summed E-state index contributed by atoms with van der Waals surface area (Å²) in [5.74, 6) is 0.749. The Labute approximate surface area is 135 Å². The van der Waals surface area contributed by atoms with Crippen LogP contribution in [-0.2, 0) is 4.74 Å². The fourth-order valence-electron chi connectivity index (χ4n) is 2.60. The average Bonchev–Trinajstić information content (AvgIpc) is 3.07. The van der Waals surface area contributed by atoms with Gasteiger partial charge in [-0.05, 0) is 49.3 Å². The first-order valence-corrected chi connectivity index (χ1v) is 7.77. The summed E-state index contributed by atoms with van der Waals surface area (Å²) in [6, 6.07) is 7.73. The Balaban J connectivity index is 1.71. The van der Waals surface area contributed by atoms with Crippen LogP contribution in [0.1, 0.15) is 12.8 Å². The van der Waals surface area contributed by atoms with E-state index in [1.54, 1.807) is 13.3 Å². The molecule has 6 heteroatoms. The molecular formula is C16H19N3O2S. The molecule has 22 heavy (non-hydrogen) atoms. The van der Waals surface area contributed by atoms with E-state index in [-0.39, 0.29) is 6.10 Å². The van der Waals surface area contributed by atoms with Crippen molar-refractivity contribution >= 4 is 33.9 Å². The first-order chi connectivity index (χ1) is 10.8. The molecule has 1 aliphatic heterocycles.